The molecule has 0 aliphatic carbocycles. The molecule has 1 aliphatic rings. The van der Waals surface area contributed by atoms with E-state index in [1.165, 1.54) is 0 Å². The Bertz CT molecular complexity index is 709. The highest BCUT2D eigenvalue weighted by Gasteiger charge is 2.20. The van der Waals surface area contributed by atoms with E-state index in [2.05, 4.69) is 10.3 Å². The largest absolute Gasteiger partial charge is 0.489 e. The molecule has 3 rings (SSSR count). The van der Waals surface area contributed by atoms with Crippen molar-refractivity contribution in [2.75, 3.05) is 18.4 Å². The maximum absolute atomic E-state index is 12.5. The number of aromatic nitrogens is 1. The second-order valence-corrected chi connectivity index (χ2v) is 6.22. The number of nitrogens with one attached hydrogen (secondary N) is 1. The van der Waals surface area contributed by atoms with Crippen LogP contribution >= 0.6 is 0 Å². The molecule has 5 nitrogen and oxygen atoms in total. The van der Waals surface area contributed by atoms with E-state index in [9.17, 15) is 4.79 Å². The number of para-hydroxylation sites is 2. The van der Waals surface area contributed by atoms with Gasteiger partial charge in [-0.1, -0.05) is 12.1 Å². The van der Waals surface area contributed by atoms with Crippen LogP contribution in [-0.2, 0) is 0 Å². The van der Waals surface area contributed by atoms with Crippen LogP contribution in [0.4, 0.5) is 11.4 Å². The molecule has 1 aliphatic heterocycles. The Morgan fingerprint density at radius 3 is 2.71 bits per heavy atom. The van der Waals surface area contributed by atoms with Crippen molar-refractivity contribution in [3.8, 4) is 5.75 Å². The molecule has 0 atom stereocenters. The molecule has 24 heavy (non-hydrogen) atoms. The summed E-state index contributed by atoms with van der Waals surface area (Å²) in [7, 11) is 0. The first-order valence-corrected chi connectivity index (χ1v) is 8.41. The predicted molar refractivity (Wildman–Crippen MR) is 94.9 cm³/mol. The van der Waals surface area contributed by atoms with Crippen LogP contribution in [0.3, 0.4) is 0 Å². The Morgan fingerprint density at radius 1 is 1.21 bits per heavy atom. The number of carbonyl (C=O) groups is 1. The molecule has 1 aromatic carbocycles. The number of nitrogens with zero attached hydrogens (tertiary/aromatic N) is 2. The molecule has 1 saturated heterocycles. The SMILES string of the molecule is CC(C)Oc1ccccc1Nc1ccnc(C(=O)N2CCCC2)c1. The molecule has 0 saturated carbocycles. The number of ether oxygens (including phenoxy) is 1. The average Bonchev–Trinajstić information content (AvgIpc) is 3.10. The number of anilines is 2. The van der Waals surface area contributed by atoms with Gasteiger partial charge in [0.25, 0.3) is 5.91 Å². The Labute approximate surface area is 142 Å². The van der Waals surface area contributed by atoms with Crippen LogP contribution in [0, 0.1) is 0 Å². The fraction of sp³-hybridized carbons (Fsp3) is 0.368. The summed E-state index contributed by atoms with van der Waals surface area (Å²) in [6, 6.07) is 11.4. The quantitative estimate of drug-likeness (QED) is 0.907. The number of pyridine rings is 1. The van der Waals surface area contributed by atoms with E-state index in [1.54, 1.807) is 12.3 Å². The lowest BCUT2D eigenvalue weighted by molar-refractivity contribution is 0.0787. The minimum absolute atomic E-state index is 0.00265. The van der Waals surface area contributed by atoms with Crippen LogP contribution < -0.4 is 10.1 Å². The third-order valence-corrected chi connectivity index (χ3v) is 3.90. The molecule has 2 heterocycles. The lowest BCUT2D eigenvalue weighted by atomic mass is 10.2. The van der Waals surface area contributed by atoms with Crippen molar-refractivity contribution < 1.29 is 9.53 Å². The van der Waals surface area contributed by atoms with Crippen molar-refractivity contribution in [1.29, 1.82) is 0 Å². The maximum Gasteiger partial charge on any atom is 0.272 e. The molecule has 1 fully saturated rings. The van der Waals surface area contributed by atoms with Crippen LogP contribution in [0.5, 0.6) is 5.75 Å². The van der Waals surface area contributed by atoms with E-state index in [4.69, 9.17) is 4.74 Å². The molecule has 5 heteroatoms. The van der Waals surface area contributed by atoms with E-state index in [-0.39, 0.29) is 12.0 Å². The van der Waals surface area contributed by atoms with E-state index >= 15 is 0 Å². The zero-order valence-electron chi connectivity index (χ0n) is 14.2. The van der Waals surface area contributed by atoms with Gasteiger partial charge in [0.05, 0.1) is 11.8 Å². The number of rotatable bonds is 5. The van der Waals surface area contributed by atoms with Crippen molar-refractivity contribution in [1.82, 2.24) is 9.88 Å². The van der Waals surface area contributed by atoms with E-state index in [0.717, 1.165) is 43.1 Å². The molecular formula is C19H23N3O2. The smallest absolute Gasteiger partial charge is 0.272 e. The van der Waals surface area contributed by atoms with Crippen LogP contribution in [0.2, 0.25) is 0 Å². The summed E-state index contributed by atoms with van der Waals surface area (Å²) in [5, 5.41) is 3.33. The van der Waals surface area contributed by atoms with Gasteiger partial charge in [-0.25, -0.2) is 0 Å². The van der Waals surface area contributed by atoms with Crippen molar-refractivity contribution in [2.45, 2.75) is 32.8 Å². The highest BCUT2D eigenvalue weighted by molar-refractivity contribution is 5.93. The summed E-state index contributed by atoms with van der Waals surface area (Å²) in [6.45, 7) is 5.64. The number of benzene rings is 1. The third kappa shape index (κ3) is 3.85. The highest BCUT2D eigenvalue weighted by atomic mass is 16.5. The second-order valence-electron chi connectivity index (χ2n) is 6.22. The summed E-state index contributed by atoms with van der Waals surface area (Å²) in [5.41, 5.74) is 2.17. The molecular weight excluding hydrogens is 302 g/mol. The van der Waals surface area contributed by atoms with Gasteiger partial charge in [0, 0.05) is 25.0 Å². The molecule has 0 bridgehead atoms. The fourth-order valence-corrected chi connectivity index (χ4v) is 2.79. The van der Waals surface area contributed by atoms with E-state index < -0.39 is 0 Å². The zero-order valence-corrected chi connectivity index (χ0v) is 14.2. The standard InChI is InChI=1S/C19H23N3O2/c1-14(2)24-18-8-4-3-7-16(18)21-15-9-10-20-17(13-15)19(23)22-11-5-6-12-22/h3-4,7-10,13-14H,5-6,11-12H2,1-2H3,(H,20,21). The molecule has 2 aromatic rings. The van der Waals surface area contributed by atoms with E-state index in [1.807, 2.05) is 49.1 Å². The average molecular weight is 325 g/mol. The molecule has 0 spiro atoms. The zero-order chi connectivity index (χ0) is 16.9. The van der Waals surface area contributed by atoms with Crippen LogP contribution in [0.25, 0.3) is 0 Å². The summed E-state index contributed by atoms with van der Waals surface area (Å²) < 4.78 is 5.82. The third-order valence-electron chi connectivity index (χ3n) is 3.90. The molecule has 1 amide bonds. The van der Waals surface area contributed by atoms with Crippen LogP contribution in [0.1, 0.15) is 37.2 Å². The van der Waals surface area contributed by atoms with Crippen molar-refractivity contribution in [2.24, 2.45) is 0 Å². The number of amides is 1. The van der Waals surface area contributed by atoms with Gasteiger partial charge in [0.2, 0.25) is 0 Å². The normalized spacial score (nSPS) is 14.0. The van der Waals surface area contributed by atoms with Gasteiger partial charge in [0.15, 0.2) is 0 Å². The minimum Gasteiger partial charge on any atom is -0.489 e. The van der Waals surface area contributed by atoms with Gasteiger partial charge < -0.3 is 15.0 Å². The molecule has 0 unspecified atom stereocenters. The number of hydrogen-bond donors (Lipinski definition) is 1. The summed E-state index contributed by atoms with van der Waals surface area (Å²) in [5.74, 6) is 0.791. The lowest BCUT2D eigenvalue weighted by Gasteiger charge is -2.17. The monoisotopic (exact) mass is 325 g/mol. The van der Waals surface area contributed by atoms with Crippen molar-refractivity contribution in [3.63, 3.8) is 0 Å². The molecule has 1 N–H and O–H groups in total. The Morgan fingerprint density at radius 2 is 1.96 bits per heavy atom. The Kier molecular flexibility index (Phi) is 4.99. The topological polar surface area (TPSA) is 54.5 Å². The van der Waals surface area contributed by atoms with E-state index in [0.29, 0.717) is 5.69 Å². The fourth-order valence-electron chi connectivity index (χ4n) is 2.79. The molecule has 126 valence electrons. The lowest BCUT2D eigenvalue weighted by Crippen LogP contribution is -2.28. The number of likely N-dealkylation sites (tertiary alicyclic amines) is 1. The summed E-state index contributed by atoms with van der Waals surface area (Å²) in [6.07, 6.45) is 3.91. The Balaban J connectivity index is 1.79. The van der Waals surface area contributed by atoms with Gasteiger partial charge in [-0.2, -0.15) is 0 Å². The van der Waals surface area contributed by atoms with Gasteiger partial charge in [-0.3, -0.25) is 9.78 Å². The first-order chi connectivity index (χ1) is 11.6. The van der Waals surface area contributed by atoms with Gasteiger partial charge in [0.1, 0.15) is 11.4 Å². The second kappa shape index (κ2) is 7.34. The molecule has 1 aromatic heterocycles. The summed E-state index contributed by atoms with van der Waals surface area (Å²) >= 11 is 0. The van der Waals surface area contributed by atoms with Gasteiger partial charge in [-0.05, 0) is 51.0 Å². The van der Waals surface area contributed by atoms with Gasteiger partial charge in [-0.15, -0.1) is 0 Å². The maximum atomic E-state index is 12.5. The number of carbonyl (C=O) groups excluding carboxylic acids is 1. The van der Waals surface area contributed by atoms with Crippen molar-refractivity contribution in [3.05, 3.63) is 48.3 Å². The first-order valence-electron chi connectivity index (χ1n) is 8.41. The Hall–Kier alpha value is -2.56. The van der Waals surface area contributed by atoms with Crippen LogP contribution in [0.15, 0.2) is 42.6 Å². The highest BCUT2D eigenvalue weighted by Crippen LogP contribution is 2.28. The van der Waals surface area contributed by atoms with Crippen LogP contribution in [-0.4, -0.2) is 35.0 Å². The first kappa shape index (κ1) is 16.3. The predicted octanol–water partition coefficient (Wildman–Crippen LogP) is 3.85. The minimum atomic E-state index is 0.00265. The van der Waals surface area contributed by atoms with Gasteiger partial charge >= 0.3 is 0 Å². The van der Waals surface area contributed by atoms with Crippen molar-refractivity contribution >= 4 is 17.3 Å². The summed E-state index contributed by atoms with van der Waals surface area (Å²) in [4.78, 5) is 18.6. The number of hydrogen-bond acceptors (Lipinski definition) is 4. The molecule has 0 radical (unpaired) electrons.